The Hall–Kier alpha value is -1.10. The van der Waals surface area contributed by atoms with Crippen LogP contribution in [-0.4, -0.2) is 47.9 Å². The van der Waals surface area contributed by atoms with Gasteiger partial charge in [-0.2, -0.15) is 0 Å². The molecule has 18 heavy (non-hydrogen) atoms. The zero-order chi connectivity index (χ0) is 13.0. The molecule has 0 saturated carbocycles. The number of aliphatic hydroxyl groups is 1. The van der Waals surface area contributed by atoms with E-state index in [1.165, 1.54) is 0 Å². The van der Waals surface area contributed by atoms with Crippen molar-refractivity contribution in [2.24, 2.45) is 0 Å². The molecule has 1 saturated heterocycles. The summed E-state index contributed by atoms with van der Waals surface area (Å²) in [6.07, 6.45) is 0.664. The number of nitrogens with zero attached hydrogens (tertiary/aromatic N) is 1. The van der Waals surface area contributed by atoms with Crippen molar-refractivity contribution in [2.75, 3.05) is 32.8 Å². The smallest absolute Gasteiger partial charge is 0.123 e. The quantitative estimate of drug-likeness (QED) is 0.747. The maximum absolute atomic E-state index is 10.2. The highest BCUT2D eigenvalue weighted by Gasteiger charge is 2.24. The molecule has 1 atom stereocenters. The lowest BCUT2D eigenvalue weighted by Gasteiger charge is -2.35. The van der Waals surface area contributed by atoms with Gasteiger partial charge >= 0.3 is 0 Å². The van der Waals surface area contributed by atoms with Crippen LogP contribution < -0.4 is 5.32 Å². The van der Waals surface area contributed by atoms with E-state index in [4.69, 9.17) is 0 Å². The first kappa shape index (κ1) is 13.3. The molecule has 1 fully saturated rings. The molecular weight excluding hydrogens is 228 g/mol. The maximum Gasteiger partial charge on any atom is 0.123 e. The Labute approximate surface area is 108 Å². The van der Waals surface area contributed by atoms with Crippen molar-refractivity contribution in [3.63, 3.8) is 0 Å². The number of aromatic hydroxyl groups is 1. The highest BCUT2D eigenvalue weighted by molar-refractivity contribution is 5.41. The van der Waals surface area contributed by atoms with Crippen molar-refractivity contribution in [3.8, 4) is 5.75 Å². The summed E-state index contributed by atoms with van der Waals surface area (Å²) in [5, 5.41) is 22.8. The first-order valence-electron chi connectivity index (χ1n) is 6.58. The van der Waals surface area contributed by atoms with Crippen molar-refractivity contribution < 1.29 is 10.2 Å². The Kier molecular flexibility index (Phi) is 4.58. The molecular formula is C14H22N2O2. The summed E-state index contributed by atoms with van der Waals surface area (Å²) in [5.74, 6) is 0.370. The minimum absolute atomic E-state index is 0.108. The summed E-state index contributed by atoms with van der Waals surface area (Å²) in [5.41, 5.74) is 1.83. The second-order valence-electron chi connectivity index (χ2n) is 4.83. The van der Waals surface area contributed by atoms with Crippen LogP contribution in [-0.2, 0) is 0 Å². The lowest BCUT2D eigenvalue weighted by atomic mass is 9.98. The zero-order valence-corrected chi connectivity index (χ0v) is 10.9. The van der Waals surface area contributed by atoms with Gasteiger partial charge in [0.1, 0.15) is 5.75 Å². The zero-order valence-electron chi connectivity index (χ0n) is 10.9. The molecule has 0 spiro atoms. The number of phenolic OH excluding ortho intramolecular Hbond substituents is 1. The van der Waals surface area contributed by atoms with Gasteiger partial charge in [0.15, 0.2) is 0 Å². The molecule has 0 aromatic heterocycles. The van der Waals surface area contributed by atoms with E-state index in [-0.39, 0.29) is 12.6 Å². The molecule has 100 valence electrons. The molecule has 1 aromatic rings. The van der Waals surface area contributed by atoms with Gasteiger partial charge in [-0.15, -0.1) is 0 Å². The fourth-order valence-corrected chi connectivity index (χ4v) is 2.60. The first-order chi connectivity index (χ1) is 8.74. The van der Waals surface area contributed by atoms with E-state index >= 15 is 0 Å². The van der Waals surface area contributed by atoms with Gasteiger partial charge in [-0.1, -0.05) is 18.2 Å². The highest BCUT2D eigenvalue weighted by Crippen LogP contribution is 2.33. The summed E-state index contributed by atoms with van der Waals surface area (Å²) < 4.78 is 0. The third kappa shape index (κ3) is 2.83. The molecule has 4 heteroatoms. The summed E-state index contributed by atoms with van der Waals surface area (Å²) in [6.45, 7) is 5.90. The largest absolute Gasteiger partial charge is 0.507 e. The summed E-state index contributed by atoms with van der Waals surface area (Å²) in [7, 11) is 0. The standard InChI is InChI=1S/C14H22N2O2/c1-11-3-2-4-12(14(11)18)13(5-10-17)16-8-6-15-7-9-16/h2-4,13,15,17-18H,5-10H2,1H3/t13-/m1/s1. The topological polar surface area (TPSA) is 55.7 Å². The maximum atomic E-state index is 10.2. The molecule has 2 rings (SSSR count). The number of nitrogens with one attached hydrogen (secondary N) is 1. The third-order valence-corrected chi connectivity index (χ3v) is 3.62. The average molecular weight is 250 g/mol. The highest BCUT2D eigenvalue weighted by atomic mass is 16.3. The molecule has 0 unspecified atom stereocenters. The normalized spacial score (nSPS) is 18.8. The van der Waals surface area contributed by atoms with Gasteiger partial charge in [0.2, 0.25) is 0 Å². The average Bonchev–Trinajstić information content (AvgIpc) is 2.41. The van der Waals surface area contributed by atoms with Gasteiger partial charge in [0, 0.05) is 44.4 Å². The first-order valence-corrected chi connectivity index (χ1v) is 6.58. The number of hydrogen-bond donors (Lipinski definition) is 3. The third-order valence-electron chi connectivity index (χ3n) is 3.62. The van der Waals surface area contributed by atoms with Gasteiger partial charge in [0.25, 0.3) is 0 Å². The Morgan fingerprint density at radius 2 is 2.06 bits per heavy atom. The molecule has 1 aliphatic heterocycles. The lowest BCUT2D eigenvalue weighted by Crippen LogP contribution is -2.45. The lowest BCUT2D eigenvalue weighted by molar-refractivity contribution is 0.139. The molecule has 1 heterocycles. The van der Waals surface area contributed by atoms with Crippen molar-refractivity contribution in [3.05, 3.63) is 29.3 Å². The molecule has 0 radical (unpaired) electrons. The minimum Gasteiger partial charge on any atom is -0.507 e. The molecule has 1 aromatic carbocycles. The van der Waals surface area contributed by atoms with Gasteiger partial charge in [-0.25, -0.2) is 0 Å². The molecule has 0 aliphatic carbocycles. The number of benzene rings is 1. The van der Waals surface area contributed by atoms with Crippen molar-refractivity contribution in [1.29, 1.82) is 0 Å². The van der Waals surface area contributed by atoms with Crippen LogP contribution in [0.2, 0.25) is 0 Å². The van der Waals surface area contributed by atoms with Crippen molar-refractivity contribution >= 4 is 0 Å². The minimum atomic E-state index is 0.108. The van der Waals surface area contributed by atoms with Crippen molar-refractivity contribution in [2.45, 2.75) is 19.4 Å². The predicted octanol–water partition coefficient (Wildman–Crippen LogP) is 1.03. The van der Waals surface area contributed by atoms with Crippen LogP contribution in [0.25, 0.3) is 0 Å². The Balaban J connectivity index is 2.25. The van der Waals surface area contributed by atoms with Crippen LogP contribution in [0, 0.1) is 6.92 Å². The van der Waals surface area contributed by atoms with E-state index in [0.717, 1.165) is 37.3 Å². The van der Waals surface area contributed by atoms with E-state index in [1.807, 2.05) is 25.1 Å². The van der Waals surface area contributed by atoms with Crippen LogP contribution in [0.15, 0.2) is 18.2 Å². The van der Waals surface area contributed by atoms with Gasteiger partial charge in [-0.3, -0.25) is 4.90 Å². The number of aryl methyl sites for hydroxylation is 1. The summed E-state index contributed by atoms with van der Waals surface area (Å²) >= 11 is 0. The fraction of sp³-hybridized carbons (Fsp3) is 0.571. The van der Waals surface area contributed by atoms with E-state index in [9.17, 15) is 10.2 Å². The number of hydrogen-bond acceptors (Lipinski definition) is 4. The number of piperazine rings is 1. The Bertz CT molecular complexity index is 389. The van der Waals surface area contributed by atoms with Gasteiger partial charge < -0.3 is 15.5 Å². The van der Waals surface area contributed by atoms with Crippen molar-refractivity contribution in [1.82, 2.24) is 10.2 Å². The van der Waals surface area contributed by atoms with Crippen LogP contribution in [0.1, 0.15) is 23.6 Å². The summed E-state index contributed by atoms with van der Waals surface area (Å²) in [4.78, 5) is 2.33. The van der Waals surface area contributed by atoms with Crippen LogP contribution >= 0.6 is 0 Å². The fourth-order valence-electron chi connectivity index (χ4n) is 2.60. The van der Waals surface area contributed by atoms with E-state index in [0.29, 0.717) is 12.2 Å². The number of para-hydroxylation sites is 1. The Morgan fingerprint density at radius 3 is 2.72 bits per heavy atom. The van der Waals surface area contributed by atoms with Crippen LogP contribution in [0.5, 0.6) is 5.75 Å². The van der Waals surface area contributed by atoms with Crippen LogP contribution in [0.3, 0.4) is 0 Å². The molecule has 0 amide bonds. The monoisotopic (exact) mass is 250 g/mol. The number of aliphatic hydroxyl groups excluding tert-OH is 1. The number of rotatable bonds is 4. The SMILES string of the molecule is Cc1cccc([C@@H](CCO)N2CCNCC2)c1O. The van der Waals surface area contributed by atoms with E-state index < -0.39 is 0 Å². The molecule has 1 aliphatic rings. The number of phenols is 1. The Morgan fingerprint density at radius 1 is 1.33 bits per heavy atom. The van der Waals surface area contributed by atoms with Gasteiger partial charge in [0.05, 0.1) is 0 Å². The molecule has 0 bridgehead atoms. The second kappa shape index (κ2) is 6.18. The van der Waals surface area contributed by atoms with Crippen LogP contribution in [0.4, 0.5) is 0 Å². The molecule has 4 nitrogen and oxygen atoms in total. The molecule has 3 N–H and O–H groups in total. The van der Waals surface area contributed by atoms with E-state index in [2.05, 4.69) is 10.2 Å². The summed E-state index contributed by atoms with van der Waals surface area (Å²) in [6, 6.07) is 5.95. The second-order valence-corrected chi connectivity index (χ2v) is 4.83. The van der Waals surface area contributed by atoms with Gasteiger partial charge in [-0.05, 0) is 18.9 Å². The van der Waals surface area contributed by atoms with E-state index in [1.54, 1.807) is 0 Å². The predicted molar refractivity (Wildman–Crippen MR) is 71.7 cm³/mol.